The molecule has 1 saturated heterocycles. The summed E-state index contributed by atoms with van der Waals surface area (Å²) in [5.41, 5.74) is 2.59. The molecule has 0 aromatic heterocycles. The van der Waals surface area contributed by atoms with Crippen LogP contribution in [-0.4, -0.2) is 35.7 Å². The fourth-order valence-corrected chi connectivity index (χ4v) is 5.43. The third-order valence-corrected chi connectivity index (χ3v) is 6.75. The number of benzene rings is 2. The summed E-state index contributed by atoms with van der Waals surface area (Å²) in [5, 5.41) is 3.47. The van der Waals surface area contributed by atoms with Crippen LogP contribution in [0.15, 0.2) is 48.5 Å². The number of hydrogen-bond acceptors (Lipinski definition) is 3. The van der Waals surface area contributed by atoms with Gasteiger partial charge in [-0.25, -0.2) is 4.79 Å². The summed E-state index contributed by atoms with van der Waals surface area (Å²) < 4.78 is 0. The molecule has 0 bridgehead atoms. The number of hydrogen-bond donors (Lipinski definition) is 1. The Hall–Kier alpha value is -2.18. The first-order valence-corrected chi connectivity index (χ1v) is 10.3. The predicted molar refractivity (Wildman–Crippen MR) is 109 cm³/mol. The van der Waals surface area contributed by atoms with Gasteiger partial charge in [-0.3, -0.25) is 9.69 Å². The van der Waals surface area contributed by atoms with Crippen molar-refractivity contribution in [2.45, 2.75) is 18.3 Å². The maximum atomic E-state index is 13.7. The highest BCUT2D eigenvalue weighted by atomic mass is 35.5. The smallest absolute Gasteiger partial charge is 0.319 e. The third-order valence-electron chi connectivity index (χ3n) is 4.96. The van der Waals surface area contributed by atoms with Gasteiger partial charge in [0, 0.05) is 29.4 Å². The third kappa shape index (κ3) is 2.78. The van der Waals surface area contributed by atoms with Gasteiger partial charge < -0.3 is 10.2 Å². The van der Waals surface area contributed by atoms with E-state index in [2.05, 4.69) is 5.32 Å². The molecule has 0 radical (unpaired) electrons. The van der Waals surface area contributed by atoms with Gasteiger partial charge in [-0.1, -0.05) is 48.0 Å². The lowest BCUT2D eigenvalue weighted by atomic mass is 10.1. The number of rotatable bonds is 3. The van der Waals surface area contributed by atoms with Gasteiger partial charge in [0.15, 0.2) is 4.87 Å². The zero-order valence-electron chi connectivity index (χ0n) is 14.9. The van der Waals surface area contributed by atoms with Gasteiger partial charge in [0.25, 0.3) is 5.91 Å². The predicted octanol–water partition coefficient (Wildman–Crippen LogP) is 3.82. The molecule has 1 spiro atoms. The summed E-state index contributed by atoms with van der Waals surface area (Å²) in [6.07, 6.45) is 0. The van der Waals surface area contributed by atoms with Crippen molar-refractivity contribution in [2.24, 2.45) is 0 Å². The largest absolute Gasteiger partial charge is 0.338 e. The van der Waals surface area contributed by atoms with Gasteiger partial charge in [-0.15, -0.1) is 11.8 Å². The number of nitrogens with one attached hydrogen (secondary N) is 1. The molecule has 2 aliphatic rings. The molecule has 2 aromatic carbocycles. The quantitative estimate of drug-likeness (QED) is 0.850. The van der Waals surface area contributed by atoms with Crippen LogP contribution in [0, 0.1) is 0 Å². The molecule has 3 amide bonds. The molecule has 0 aliphatic carbocycles. The fraction of sp³-hybridized carbons (Fsp3) is 0.300. The van der Waals surface area contributed by atoms with Gasteiger partial charge in [0.2, 0.25) is 0 Å². The van der Waals surface area contributed by atoms with Gasteiger partial charge >= 0.3 is 6.03 Å². The fourth-order valence-electron chi connectivity index (χ4n) is 3.77. The normalized spacial score (nSPS) is 21.0. The summed E-state index contributed by atoms with van der Waals surface area (Å²) >= 11 is 7.86. The van der Waals surface area contributed by atoms with Crippen LogP contribution in [0.3, 0.4) is 0 Å². The van der Waals surface area contributed by atoms with Crippen molar-refractivity contribution in [1.82, 2.24) is 10.2 Å². The molecule has 1 fully saturated rings. The minimum Gasteiger partial charge on any atom is -0.338 e. The Kier molecular flexibility index (Phi) is 4.78. The first-order valence-electron chi connectivity index (χ1n) is 8.94. The summed E-state index contributed by atoms with van der Waals surface area (Å²) in [4.78, 5) is 28.8. The topological polar surface area (TPSA) is 52.7 Å². The molecule has 2 aromatic rings. The standard InChI is InChI=1S/C20H20ClN3O2S/c1-2-22-19(26)24-11-12-27-20(24)15-8-4-6-10-17(15)23(18(20)25)13-14-7-3-5-9-16(14)21/h3-10H,2,11-13H2,1H3,(H,22,26). The first kappa shape index (κ1) is 18.2. The molecule has 2 heterocycles. The molecule has 5 nitrogen and oxygen atoms in total. The monoisotopic (exact) mass is 401 g/mol. The summed E-state index contributed by atoms with van der Waals surface area (Å²) in [5.74, 6) is 0.634. The van der Waals surface area contributed by atoms with E-state index in [1.54, 1.807) is 9.80 Å². The molecular formula is C20H20ClN3O2S. The second-order valence-corrected chi connectivity index (χ2v) is 8.17. The van der Waals surface area contributed by atoms with Gasteiger partial charge in [-0.2, -0.15) is 0 Å². The number of para-hydroxylation sites is 1. The number of fused-ring (bicyclic) bond motifs is 2. The SMILES string of the molecule is CCNC(=O)N1CCSC12C(=O)N(Cc1ccccc1Cl)c1ccccc12. The molecule has 4 rings (SSSR count). The number of halogens is 1. The van der Waals surface area contributed by atoms with Crippen LogP contribution in [0.5, 0.6) is 0 Å². The second-order valence-electron chi connectivity index (χ2n) is 6.48. The number of nitrogens with zero attached hydrogens (tertiary/aromatic N) is 2. The van der Waals surface area contributed by atoms with Gasteiger partial charge in [-0.05, 0) is 24.6 Å². The average molecular weight is 402 g/mol. The van der Waals surface area contributed by atoms with Crippen LogP contribution in [0.2, 0.25) is 5.02 Å². The Morgan fingerprint density at radius 2 is 1.96 bits per heavy atom. The number of carbonyl (C=O) groups is 2. The summed E-state index contributed by atoms with van der Waals surface area (Å²) in [6, 6.07) is 15.0. The van der Waals surface area contributed by atoms with E-state index < -0.39 is 4.87 Å². The van der Waals surface area contributed by atoms with Crippen molar-refractivity contribution in [3.63, 3.8) is 0 Å². The Labute approximate surface area is 167 Å². The molecule has 0 saturated carbocycles. The zero-order chi connectivity index (χ0) is 19.0. The molecule has 7 heteroatoms. The highest BCUT2D eigenvalue weighted by Gasteiger charge is 2.59. The average Bonchev–Trinajstić information content (AvgIpc) is 3.21. The lowest BCUT2D eigenvalue weighted by Crippen LogP contribution is -2.53. The van der Waals surface area contributed by atoms with Crippen LogP contribution in [0.4, 0.5) is 10.5 Å². The van der Waals surface area contributed by atoms with E-state index in [9.17, 15) is 9.59 Å². The molecule has 27 heavy (non-hydrogen) atoms. The summed E-state index contributed by atoms with van der Waals surface area (Å²) in [6.45, 7) is 3.31. The number of amides is 3. The highest BCUT2D eigenvalue weighted by molar-refractivity contribution is 8.01. The van der Waals surface area contributed by atoms with E-state index in [-0.39, 0.29) is 11.9 Å². The van der Waals surface area contributed by atoms with E-state index in [1.807, 2.05) is 55.5 Å². The number of thioether (sulfide) groups is 1. The van der Waals surface area contributed by atoms with Crippen molar-refractivity contribution in [1.29, 1.82) is 0 Å². The van der Waals surface area contributed by atoms with Crippen LogP contribution >= 0.6 is 23.4 Å². The molecule has 1 unspecified atom stereocenters. The van der Waals surface area contributed by atoms with Crippen LogP contribution in [0.25, 0.3) is 0 Å². The molecule has 140 valence electrons. The van der Waals surface area contributed by atoms with Crippen LogP contribution in [0.1, 0.15) is 18.1 Å². The Bertz CT molecular complexity index is 906. The van der Waals surface area contributed by atoms with Crippen LogP contribution in [-0.2, 0) is 16.2 Å². The van der Waals surface area contributed by atoms with E-state index in [0.717, 1.165) is 22.6 Å². The van der Waals surface area contributed by atoms with E-state index in [1.165, 1.54) is 11.8 Å². The molecule has 1 N–H and O–H groups in total. The van der Waals surface area contributed by atoms with Crippen molar-refractivity contribution >= 4 is 41.0 Å². The lowest BCUT2D eigenvalue weighted by molar-refractivity contribution is -0.123. The second kappa shape index (κ2) is 7.09. The van der Waals surface area contributed by atoms with Gasteiger partial charge in [0.1, 0.15) is 0 Å². The van der Waals surface area contributed by atoms with Gasteiger partial charge in [0.05, 0.1) is 12.2 Å². The van der Waals surface area contributed by atoms with Crippen molar-refractivity contribution in [2.75, 3.05) is 23.7 Å². The Morgan fingerprint density at radius 1 is 1.22 bits per heavy atom. The lowest BCUT2D eigenvalue weighted by Gasteiger charge is -2.33. The molecule has 1 atom stereocenters. The maximum Gasteiger partial charge on any atom is 0.319 e. The first-order chi connectivity index (χ1) is 13.1. The number of anilines is 1. The highest BCUT2D eigenvalue weighted by Crippen LogP contribution is 2.54. The summed E-state index contributed by atoms with van der Waals surface area (Å²) in [7, 11) is 0. The van der Waals surface area contributed by atoms with E-state index >= 15 is 0 Å². The number of urea groups is 1. The minimum atomic E-state index is -1.00. The molecular weight excluding hydrogens is 382 g/mol. The Morgan fingerprint density at radius 3 is 2.74 bits per heavy atom. The van der Waals surface area contributed by atoms with Crippen molar-refractivity contribution in [3.8, 4) is 0 Å². The van der Waals surface area contributed by atoms with Crippen molar-refractivity contribution in [3.05, 3.63) is 64.7 Å². The zero-order valence-corrected chi connectivity index (χ0v) is 16.5. The molecule has 2 aliphatic heterocycles. The Balaban J connectivity index is 1.78. The number of carbonyl (C=O) groups excluding carboxylic acids is 2. The van der Waals surface area contributed by atoms with Crippen LogP contribution < -0.4 is 10.2 Å². The van der Waals surface area contributed by atoms with E-state index in [0.29, 0.717) is 24.7 Å². The van der Waals surface area contributed by atoms with Crippen molar-refractivity contribution < 1.29 is 9.59 Å². The van der Waals surface area contributed by atoms with E-state index in [4.69, 9.17) is 11.6 Å². The maximum absolute atomic E-state index is 13.7. The minimum absolute atomic E-state index is 0.0858.